The Labute approximate surface area is 195 Å². The van der Waals surface area contributed by atoms with Crippen LogP contribution in [0.2, 0.25) is 0 Å². The zero-order chi connectivity index (χ0) is 23.7. The van der Waals surface area contributed by atoms with Gasteiger partial charge in [-0.15, -0.1) is 0 Å². The second-order valence-electron chi connectivity index (χ2n) is 8.13. The maximum absolute atomic E-state index is 12.6. The molecular weight excluding hydrogens is 442 g/mol. The Kier molecular flexibility index (Phi) is 8.71. The van der Waals surface area contributed by atoms with Crippen LogP contribution >= 0.6 is 0 Å². The summed E-state index contributed by atoms with van der Waals surface area (Å²) in [5.41, 5.74) is 5.47. The van der Waals surface area contributed by atoms with Gasteiger partial charge < -0.3 is 4.74 Å². The molecule has 8 nitrogen and oxygen atoms in total. The van der Waals surface area contributed by atoms with E-state index in [2.05, 4.69) is 15.6 Å². The SMILES string of the molecule is CCOc1ccc(S(=O)(=O)Nc2ccc(C(=O)NNC(=O)CCC3CCCCC3)cc2)cc1. The summed E-state index contributed by atoms with van der Waals surface area (Å²) in [6.07, 6.45) is 7.32. The number of ether oxygens (including phenoxy) is 1. The van der Waals surface area contributed by atoms with Crippen LogP contribution in [-0.2, 0) is 14.8 Å². The van der Waals surface area contributed by atoms with Gasteiger partial charge in [-0.25, -0.2) is 8.42 Å². The summed E-state index contributed by atoms with van der Waals surface area (Å²) in [4.78, 5) is 24.4. The van der Waals surface area contributed by atoms with Crippen LogP contribution in [0, 0.1) is 5.92 Å². The van der Waals surface area contributed by atoms with Crippen molar-refractivity contribution >= 4 is 27.5 Å². The molecule has 3 rings (SSSR count). The molecule has 2 aromatic carbocycles. The standard InChI is InChI=1S/C24H31N3O5S/c1-2-32-21-13-15-22(16-14-21)33(30,31)27-20-11-9-19(10-12-20)24(29)26-25-23(28)17-8-18-6-4-3-5-7-18/h9-16,18,27H,2-8,17H2,1H3,(H,25,28)(H,26,29). The number of anilines is 1. The lowest BCUT2D eigenvalue weighted by Gasteiger charge is -2.21. The van der Waals surface area contributed by atoms with Crippen LogP contribution in [0.15, 0.2) is 53.4 Å². The van der Waals surface area contributed by atoms with E-state index >= 15 is 0 Å². The zero-order valence-electron chi connectivity index (χ0n) is 18.8. The van der Waals surface area contributed by atoms with Gasteiger partial charge in [0.15, 0.2) is 0 Å². The first-order chi connectivity index (χ1) is 15.9. The first-order valence-electron chi connectivity index (χ1n) is 11.3. The molecule has 0 atom stereocenters. The Morgan fingerprint density at radius 2 is 1.61 bits per heavy atom. The van der Waals surface area contributed by atoms with E-state index in [0.29, 0.717) is 35.9 Å². The van der Waals surface area contributed by atoms with Crippen molar-refractivity contribution < 1.29 is 22.7 Å². The predicted molar refractivity (Wildman–Crippen MR) is 126 cm³/mol. The van der Waals surface area contributed by atoms with Crippen LogP contribution in [0.3, 0.4) is 0 Å². The number of hydrogen-bond donors (Lipinski definition) is 3. The van der Waals surface area contributed by atoms with Crippen LogP contribution in [-0.4, -0.2) is 26.8 Å². The van der Waals surface area contributed by atoms with Gasteiger partial charge in [0.05, 0.1) is 11.5 Å². The maximum atomic E-state index is 12.6. The lowest BCUT2D eigenvalue weighted by molar-refractivity contribution is -0.122. The number of carbonyl (C=O) groups excluding carboxylic acids is 2. The summed E-state index contributed by atoms with van der Waals surface area (Å²) in [7, 11) is -3.78. The van der Waals surface area contributed by atoms with Crippen molar-refractivity contribution in [2.24, 2.45) is 5.92 Å². The highest BCUT2D eigenvalue weighted by atomic mass is 32.2. The number of carbonyl (C=O) groups is 2. The third-order valence-electron chi connectivity index (χ3n) is 5.66. The number of hydrazine groups is 1. The minimum atomic E-state index is -3.78. The van der Waals surface area contributed by atoms with Gasteiger partial charge in [0.1, 0.15) is 5.75 Å². The summed E-state index contributed by atoms with van der Waals surface area (Å²) in [6, 6.07) is 12.1. The molecule has 0 radical (unpaired) electrons. The van der Waals surface area contributed by atoms with Gasteiger partial charge >= 0.3 is 0 Å². The third-order valence-corrected chi connectivity index (χ3v) is 7.06. The third kappa shape index (κ3) is 7.49. The summed E-state index contributed by atoms with van der Waals surface area (Å²) in [5.74, 6) is 0.502. The van der Waals surface area contributed by atoms with Crippen LogP contribution in [0.5, 0.6) is 5.75 Å². The Bertz CT molecular complexity index is 1030. The zero-order valence-corrected chi connectivity index (χ0v) is 19.6. The van der Waals surface area contributed by atoms with E-state index in [9.17, 15) is 18.0 Å². The topological polar surface area (TPSA) is 114 Å². The van der Waals surface area contributed by atoms with Gasteiger partial charge in [-0.3, -0.25) is 25.2 Å². The van der Waals surface area contributed by atoms with Crippen molar-refractivity contribution in [3.63, 3.8) is 0 Å². The molecule has 1 aliphatic rings. The predicted octanol–water partition coefficient (Wildman–Crippen LogP) is 4.01. The van der Waals surface area contributed by atoms with Crippen molar-refractivity contribution in [3.8, 4) is 5.75 Å². The van der Waals surface area contributed by atoms with Crippen LogP contribution in [0.4, 0.5) is 5.69 Å². The van der Waals surface area contributed by atoms with E-state index < -0.39 is 15.9 Å². The molecule has 33 heavy (non-hydrogen) atoms. The van der Waals surface area contributed by atoms with Crippen molar-refractivity contribution in [2.75, 3.05) is 11.3 Å². The molecule has 2 aromatic rings. The molecule has 2 amide bonds. The summed E-state index contributed by atoms with van der Waals surface area (Å²) in [6.45, 7) is 2.34. The molecule has 1 fully saturated rings. The Morgan fingerprint density at radius 3 is 2.24 bits per heavy atom. The highest BCUT2D eigenvalue weighted by molar-refractivity contribution is 7.92. The van der Waals surface area contributed by atoms with Gasteiger partial charge in [-0.2, -0.15) is 0 Å². The molecule has 0 aliphatic heterocycles. The number of rotatable bonds is 9. The first-order valence-corrected chi connectivity index (χ1v) is 12.8. The van der Waals surface area contributed by atoms with E-state index in [-0.39, 0.29) is 10.8 Å². The first kappa shape index (κ1) is 24.6. The molecule has 9 heteroatoms. The monoisotopic (exact) mass is 473 g/mol. The van der Waals surface area contributed by atoms with Gasteiger partial charge in [-0.05, 0) is 67.8 Å². The largest absolute Gasteiger partial charge is 0.494 e. The minimum Gasteiger partial charge on any atom is -0.494 e. The van der Waals surface area contributed by atoms with E-state index in [0.717, 1.165) is 6.42 Å². The lowest BCUT2D eigenvalue weighted by Crippen LogP contribution is -2.41. The molecule has 1 aliphatic carbocycles. The molecule has 0 unspecified atom stereocenters. The molecule has 0 heterocycles. The average molecular weight is 474 g/mol. The van der Waals surface area contributed by atoms with E-state index in [1.54, 1.807) is 12.1 Å². The summed E-state index contributed by atoms with van der Waals surface area (Å²) in [5, 5.41) is 0. The van der Waals surface area contributed by atoms with Gasteiger partial charge in [0, 0.05) is 17.7 Å². The fourth-order valence-corrected chi connectivity index (χ4v) is 4.92. The number of amides is 2. The minimum absolute atomic E-state index is 0.101. The summed E-state index contributed by atoms with van der Waals surface area (Å²) < 4.78 is 32.9. The van der Waals surface area contributed by atoms with Gasteiger partial charge in [0.25, 0.3) is 15.9 Å². The molecular formula is C24H31N3O5S. The number of benzene rings is 2. The maximum Gasteiger partial charge on any atom is 0.269 e. The van der Waals surface area contributed by atoms with Crippen molar-refractivity contribution in [2.45, 2.75) is 56.8 Å². The molecule has 1 saturated carbocycles. The number of sulfonamides is 1. The lowest BCUT2D eigenvalue weighted by atomic mass is 9.86. The highest BCUT2D eigenvalue weighted by Crippen LogP contribution is 2.27. The number of nitrogens with one attached hydrogen (secondary N) is 3. The van der Waals surface area contributed by atoms with Crippen molar-refractivity contribution in [3.05, 3.63) is 54.1 Å². The molecule has 0 bridgehead atoms. The Morgan fingerprint density at radius 1 is 0.939 bits per heavy atom. The summed E-state index contributed by atoms with van der Waals surface area (Å²) >= 11 is 0. The fourth-order valence-electron chi connectivity index (χ4n) is 3.86. The van der Waals surface area contributed by atoms with Crippen LogP contribution in [0.1, 0.15) is 62.2 Å². The smallest absolute Gasteiger partial charge is 0.269 e. The second-order valence-corrected chi connectivity index (χ2v) is 9.81. The molecule has 3 N–H and O–H groups in total. The average Bonchev–Trinajstić information content (AvgIpc) is 2.82. The normalized spacial score (nSPS) is 14.3. The second kappa shape index (κ2) is 11.7. The van der Waals surface area contributed by atoms with E-state index in [4.69, 9.17) is 4.74 Å². The molecule has 0 aromatic heterocycles. The highest BCUT2D eigenvalue weighted by Gasteiger charge is 2.16. The van der Waals surface area contributed by atoms with Gasteiger partial charge in [0.2, 0.25) is 5.91 Å². The Hall–Kier alpha value is -3.07. The van der Waals surface area contributed by atoms with Crippen molar-refractivity contribution in [1.29, 1.82) is 0 Å². The fraction of sp³-hybridized carbons (Fsp3) is 0.417. The molecule has 0 spiro atoms. The van der Waals surface area contributed by atoms with E-state index in [1.165, 1.54) is 68.5 Å². The molecule has 178 valence electrons. The van der Waals surface area contributed by atoms with Crippen LogP contribution < -0.4 is 20.3 Å². The van der Waals surface area contributed by atoms with Crippen LogP contribution in [0.25, 0.3) is 0 Å². The number of hydrogen-bond acceptors (Lipinski definition) is 5. The molecule has 0 saturated heterocycles. The van der Waals surface area contributed by atoms with E-state index in [1.807, 2.05) is 6.92 Å². The Balaban J connectivity index is 1.48. The van der Waals surface area contributed by atoms with Gasteiger partial charge in [-0.1, -0.05) is 32.1 Å². The van der Waals surface area contributed by atoms with Crippen molar-refractivity contribution in [1.82, 2.24) is 10.9 Å². The quantitative estimate of drug-likeness (QED) is 0.476.